The summed E-state index contributed by atoms with van der Waals surface area (Å²) in [4.78, 5) is 13.8. The van der Waals surface area contributed by atoms with Gasteiger partial charge in [0.1, 0.15) is 16.3 Å². The number of rotatable bonds is 4. The molecule has 3 aromatic rings. The van der Waals surface area contributed by atoms with Gasteiger partial charge in [-0.25, -0.2) is 0 Å². The van der Waals surface area contributed by atoms with Crippen LogP contribution in [0.15, 0.2) is 35.7 Å². The second-order valence-electron chi connectivity index (χ2n) is 4.23. The highest BCUT2D eigenvalue weighted by Gasteiger charge is 2.19. The zero-order valence-corrected chi connectivity index (χ0v) is 13.8. The van der Waals surface area contributed by atoms with Gasteiger partial charge in [0.15, 0.2) is 0 Å². The number of nitrogens with one attached hydrogen (secondary N) is 1. The standard InChI is InChI=1S/C14H10ClN3O2S2/c1-20-10-5-4-8(15)7-9(10)16-14(19)13-12(17-18-22-13)11-3-2-6-21-11/h2-7H,1H3,(H,16,19). The van der Waals surface area contributed by atoms with Crippen LogP contribution in [0.25, 0.3) is 10.6 Å². The number of nitrogens with zero attached hydrogens (tertiary/aromatic N) is 2. The zero-order valence-electron chi connectivity index (χ0n) is 11.4. The predicted octanol–water partition coefficient (Wildman–Crippen LogP) is 4.18. The first-order chi connectivity index (χ1) is 10.7. The molecule has 0 atom stereocenters. The fourth-order valence-corrected chi connectivity index (χ4v) is 3.40. The van der Waals surface area contributed by atoms with Crippen LogP contribution in [0.2, 0.25) is 5.02 Å². The van der Waals surface area contributed by atoms with E-state index in [4.69, 9.17) is 16.3 Å². The Hall–Kier alpha value is -1.96. The Bertz CT molecular complexity index is 802. The van der Waals surface area contributed by atoms with Crippen LogP contribution < -0.4 is 10.1 Å². The first-order valence-electron chi connectivity index (χ1n) is 6.20. The van der Waals surface area contributed by atoms with E-state index in [1.165, 1.54) is 18.4 Å². The molecule has 22 heavy (non-hydrogen) atoms. The molecule has 1 N–H and O–H groups in total. The van der Waals surface area contributed by atoms with Crippen LogP contribution in [0, 0.1) is 0 Å². The molecule has 2 heterocycles. The van der Waals surface area contributed by atoms with Crippen LogP contribution >= 0.6 is 34.5 Å². The lowest BCUT2D eigenvalue weighted by molar-refractivity contribution is 0.103. The summed E-state index contributed by atoms with van der Waals surface area (Å²) in [6, 6.07) is 8.83. The van der Waals surface area contributed by atoms with E-state index >= 15 is 0 Å². The van der Waals surface area contributed by atoms with Crippen molar-refractivity contribution in [3.8, 4) is 16.3 Å². The largest absolute Gasteiger partial charge is 0.495 e. The molecule has 0 aliphatic rings. The SMILES string of the molecule is COc1ccc(Cl)cc1NC(=O)c1snnc1-c1cccs1. The van der Waals surface area contributed by atoms with Gasteiger partial charge < -0.3 is 10.1 Å². The van der Waals surface area contributed by atoms with Gasteiger partial charge in [-0.1, -0.05) is 22.2 Å². The molecule has 112 valence electrons. The highest BCUT2D eigenvalue weighted by molar-refractivity contribution is 7.14. The van der Waals surface area contributed by atoms with E-state index in [-0.39, 0.29) is 5.91 Å². The molecular weight excluding hydrogens is 342 g/mol. The number of hydrogen-bond acceptors (Lipinski definition) is 6. The Morgan fingerprint density at radius 2 is 2.23 bits per heavy atom. The minimum atomic E-state index is -0.293. The van der Waals surface area contributed by atoms with Crippen molar-refractivity contribution in [1.82, 2.24) is 9.59 Å². The number of aromatic nitrogens is 2. The number of ether oxygens (including phenoxy) is 1. The molecule has 3 rings (SSSR count). The molecule has 1 amide bonds. The number of methoxy groups -OCH3 is 1. The molecular formula is C14H10ClN3O2S2. The molecule has 2 aromatic heterocycles. The van der Waals surface area contributed by atoms with Crippen molar-refractivity contribution in [3.63, 3.8) is 0 Å². The summed E-state index contributed by atoms with van der Waals surface area (Å²) in [5, 5.41) is 9.27. The molecule has 0 bridgehead atoms. The number of halogens is 1. The second kappa shape index (κ2) is 6.43. The normalized spacial score (nSPS) is 10.5. The van der Waals surface area contributed by atoms with Crippen LogP contribution in [-0.2, 0) is 0 Å². The van der Waals surface area contributed by atoms with Gasteiger partial charge in [0.05, 0.1) is 17.7 Å². The van der Waals surface area contributed by atoms with Crippen LogP contribution in [0.4, 0.5) is 5.69 Å². The lowest BCUT2D eigenvalue weighted by Crippen LogP contribution is -2.12. The summed E-state index contributed by atoms with van der Waals surface area (Å²) in [6.07, 6.45) is 0. The summed E-state index contributed by atoms with van der Waals surface area (Å²) in [7, 11) is 1.53. The molecule has 0 unspecified atom stereocenters. The predicted molar refractivity (Wildman–Crippen MR) is 89.2 cm³/mol. The number of hydrogen-bond donors (Lipinski definition) is 1. The molecule has 0 aliphatic heterocycles. The van der Waals surface area contributed by atoms with E-state index in [1.54, 1.807) is 18.2 Å². The number of carbonyl (C=O) groups excluding carboxylic acids is 1. The van der Waals surface area contributed by atoms with E-state index < -0.39 is 0 Å². The van der Waals surface area contributed by atoms with Gasteiger partial charge in [0.2, 0.25) is 0 Å². The number of anilines is 1. The van der Waals surface area contributed by atoms with Gasteiger partial charge in [-0.2, -0.15) is 0 Å². The van der Waals surface area contributed by atoms with Crippen LogP contribution in [0.5, 0.6) is 5.75 Å². The number of benzene rings is 1. The molecule has 0 saturated heterocycles. The van der Waals surface area contributed by atoms with Crippen molar-refractivity contribution < 1.29 is 9.53 Å². The average Bonchev–Trinajstić information content (AvgIpc) is 3.18. The lowest BCUT2D eigenvalue weighted by Gasteiger charge is -2.09. The Labute approximate surface area is 139 Å². The third kappa shape index (κ3) is 2.96. The fraction of sp³-hybridized carbons (Fsp3) is 0.0714. The monoisotopic (exact) mass is 351 g/mol. The van der Waals surface area contributed by atoms with E-state index in [0.29, 0.717) is 27.0 Å². The Morgan fingerprint density at radius 1 is 1.36 bits per heavy atom. The molecule has 1 aromatic carbocycles. The summed E-state index contributed by atoms with van der Waals surface area (Å²) < 4.78 is 9.10. The third-order valence-electron chi connectivity index (χ3n) is 2.86. The molecule has 0 fully saturated rings. The average molecular weight is 352 g/mol. The second-order valence-corrected chi connectivity index (χ2v) is 6.36. The molecule has 0 spiro atoms. The first-order valence-corrected chi connectivity index (χ1v) is 8.23. The smallest absolute Gasteiger partial charge is 0.269 e. The van der Waals surface area contributed by atoms with E-state index in [1.807, 2.05) is 17.5 Å². The van der Waals surface area contributed by atoms with Gasteiger partial charge in [-0.3, -0.25) is 4.79 Å². The molecule has 0 aliphatic carbocycles. The Balaban J connectivity index is 1.90. The maximum atomic E-state index is 12.5. The Morgan fingerprint density at radius 3 is 2.95 bits per heavy atom. The maximum Gasteiger partial charge on any atom is 0.269 e. The molecule has 5 nitrogen and oxygen atoms in total. The maximum absolute atomic E-state index is 12.5. The van der Waals surface area contributed by atoms with Crippen molar-refractivity contribution in [2.45, 2.75) is 0 Å². The molecule has 0 saturated carbocycles. The summed E-state index contributed by atoms with van der Waals surface area (Å²) in [5.41, 5.74) is 1.09. The van der Waals surface area contributed by atoms with Crippen molar-refractivity contribution in [1.29, 1.82) is 0 Å². The quantitative estimate of drug-likeness (QED) is 0.765. The van der Waals surface area contributed by atoms with Gasteiger partial charge in [-0.05, 0) is 41.2 Å². The van der Waals surface area contributed by atoms with Crippen LogP contribution in [0.3, 0.4) is 0 Å². The van der Waals surface area contributed by atoms with E-state index in [9.17, 15) is 4.79 Å². The number of thiophene rings is 1. The fourth-order valence-electron chi connectivity index (χ4n) is 1.87. The Kier molecular flexibility index (Phi) is 4.37. The topological polar surface area (TPSA) is 64.1 Å². The van der Waals surface area contributed by atoms with Crippen molar-refractivity contribution in [2.75, 3.05) is 12.4 Å². The highest BCUT2D eigenvalue weighted by Crippen LogP contribution is 2.31. The summed E-state index contributed by atoms with van der Waals surface area (Å²) >= 11 is 8.53. The van der Waals surface area contributed by atoms with Crippen LogP contribution in [0.1, 0.15) is 9.67 Å². The summed E-state index contributed by atoms with van der Waals surface area (Å²) in [5.74, 6) is 0.242. The highest BCUT2D eigenvalue weighted by atomic mass is 35.5. The molecule has 0 radical (unpaired) electrons. The van der Waals surface area contributed by atoms with E-state index in [2.05, 4.69) is 14.9 Å². The minimum Gasteiger partial charge on any atom is -0.495 e. The third-order valence-corrected chi connectivity index (χ3v) is 4.69. The minimum absolute atomic E-state index is 0.293. The van der Waals surface area contributed by atoms with Gasteiger partial charge in [0, 0.05) is 5.02 Å². The number of carbonyl (C=O) groups is 1. The van der Waals surface area contributed by atoms with Gasteiger partial charge in [0.25, 0.3) is 5.91 Å². The number of amides is 1. The molecule has 8 heteroatoms. The van der Waals surface area contributed by atoms with Crippen molar-refractivity contribution in [2.24, 2.45) is 0 Å². The lowest BCUT2D eigenvalue weighted by atomic mass is 10.2. The van der Waals surface area contributed by atoms with Crippen molar-refractivity contribution >= 4 is 46.1 Å². The van der Waals surface area contributed by atoms with Crippen LogP contribution in [-0.4, -0.2) is 22.6 Å². The van der Waals surface area contributed by atoms with E-state index in [0.717, 1.165) is 16.4 Å². The summed E-state index contributed by atoms with van der Waals surface area (Å²) in [6.45, 7) is 0. The zero-order chi connectivity index (χ0) is 15.5. The van der Waals surface area contributed by atoms with Gasteiger partial charge >= 0.3 is 0 Å². The van der Waals surface area contributed by atoms with Crippen molar-refractivity contribution in [3.05, 3.63) is 45.6 Å². The first kappa shape index (κ1) is 15.0. The van der Waals surface area contributed by atoms with Gasteiger partial charge in [-0.15, -0.1) is 16.4 Å².